The number of likely N-dealkylation sites (N-methyl/N-ethyl adjacent to an activating group) is 1. The zero-order valence-electron chi connectivity index (χ0n) is 16.6. The van der Waals surface area contributed by atoms with Crippen molar-refractivity contribution in [3.8, 4) is 5.69 Å². The number of carbonyl (C=O) groups excluding carboxylic acids is 2. The molecule has 0 unspecified atom stereocenters. The minimum atomic E-state index is -0.496. The molecule has 0 saturated carbocycles. The van der Waals surface area contributed by atoms with Crippen LogP contribution in [0, 0.1) is 20.8 Å². The lowest BCUT2D eigenvalue weighted by molar-refractivity contribution is -0.136. The van der Waals surface area contributed by atoms with Gasteiger partial charge in [-0.15, -0.1) is 0 Å². The number of carbonyl (C=O) groups is 2. The lowest BCUT2D eigenvalue weighted by atomic mass is 10.0. The third-order valence-corrected chi connectivity index (χ3v) is 5.12. The zero-order valence-corrected chi connectivity index (χ0v) is 16.6. The summed E-state index contributed by atoms with van der Waals surface area (Å²) in [6.07, 6.45) is 1.79. The van der Waals surface area contributed by atoms with Crippen molar-refractivity contribution in [2.45, 2.75) is 27.7 Å². The molecule has 2 aromatic rings. The molecule has 0 fully saturated rings. The Bertz CT molecular complexity index is 991. The Labute approximate surface area is 159 Å². The molecule has 3 rings (SSSR count). The van der Waals surface area contributed by atoms with Crippen LogP contribution in [0.3, 0.4) is 0 Å². The molecule has 0 bridgehead atoms. The third kappa shape index (κ3) is 3.10. The molecule has 5 heteroatoms. The standard InChI is InChI=1S/C22H24N2O3/c1-13-7-9-18(10-8-13)24-14(2)11-17(15(24)3)12-19-20(22(26)27-6)16(4)23(5)21(19)25/h7-12H,1-6H3/b19-12-. The Hall–Kier alpha value is -3.08. The summed E-state index contributed by atoms with van der Waals surface area (Å²) >= 11 is 0. The average molecular weight is 364 g/mol. The highest BCUT2D eigenvalue weighted by Crippen LogP contribution is 2.32. The topological polar surface area (TPSA) is 51.5 Å². The predicted molar refractivity (Wildman–Crippen MR) is 105 cm³/mol. The van der Waals surface area contributed by atoms with E-state index in [0.29, 0.717) is 16.8 Å². The van der Waals surface area contributed by atoms with Gasteiger partial charge < -0.3 is 14.2 Å². The van der Waals surface area contributed by atoms with Crippen LogP contribution in [0.15, 0.2) is 47.2 Å². The van der Waals surface area contributed by atoms with Gasteiger partial charge >= 0.3 is 5.97 Å². The first-order valence-electron chi connectivity index (χ1n) is 8.81. The number of methoxy groups -OCH3 is 1. The molecular formula is C22H24N2O3. The molecule has 1 aliphatic heterocycles. The SMILES string of the molecule is COC(=O)C1=C(C)N(C)C(=O)/C1=C\c1cc(C)n(-c2ccc(C)cc2)c1C. The molecule has 1 aromatic carbocycles. The summed E-state index contributed by atoms with van der Waals surface area (Å²) in [6, 6.07) is 10.3. The van der Waals surface area contributed by atoms with Crippen molar-refractivity contribution in [1.82, 2.24) is 9.47 Å². The fraction of sp³-hybridized carbons (Fsp3) is 0.273. The molecule has 2 heterocycles. The van der Waals surface area contributed by atoms with Gasteiger partial charge in [-0.05, 0) is 57.5 Å². The van der Waals surface area contributed by atoms with Gasteiger partial charge in [0.25, 0.3) is 5.91 Å². The summed E-state index contributed by atoms with van der Waals surface area (Å²) in [6.45, 7) is 7.84. The normalized spacial score (nSPS) is 15.9. The first-order valence-corrected chi connectivity index (χ1v) is 8.81. The minimum Gasteiger partial charge on any atom is -0.465 e. The largest absolute Gasteiger partial charge is 0.465 e. The lowest BCUT2D eigenvalue weighted by Crippen LogP contribution is -2.19. The molecule has 0 saturated heterocycles. The number of allylic oxidation sites excluding steroid dienone is 1. The Morgan fingerprint density at radius 2 is 1.70 bits per heavy atom. The van der Waals surface area contributed by atoms with Crippen molar-refractivity contribution >= 4 is 18.0 Å². The maximum Gasteiger partial charge on any atom is 0.340 e. The first-order chi connectivity index (χ1) is 12.8. The Morgan fingerprint density at radius 1 is 1.07 bits per heavy atom. The number of nitrogens with zero attached hydrogens (tertiary/aromatic N) is 2. The summed E-state index contributed by atoms with van der Waals surface area (Å²) < 4.78 is 7.03. The lowest BCUT2D eigenvalue weighted by Gasteiger charge is -2.10. The second kappa shape index (κ2) is 6.91. The van der Waals surface area contributed by atoms with Crippen molar-refractivity contribution in [3.05, 3.63) is 69.7 Å². The molecular weight excluding hydrogens is 340 g/mol. The summed E-state index contributed by atoms with van der Waals surface area (Å²) in [4.78, 5) is 26.4. The van der Waals surface area contributed by atoms with Crippen LogP contribution >= 0.6 is 0 Å². The second-order valence-corrected chi connectivity index (χ2v) is 6.87. The highest BCUT2D eigenvalue weighted by atomic mass is 16.5. The van der Waals surface area contributed by atoms with Crippen LogP contribution in [0.2, 0.25) is 0 Å². The fourth-order valence-electron chi connectivity index (χ4n) is 3.48. The molecule has 0 radical (unpaired) electrons. The summed E-state index contributed by atoms with van der Waals surface area (Å²) in [7, 11) is 2.99. The van der Waals surface area contributed by atoms with E-state index in [1.54, 1.807) is 20.0 Å². The van der Waals surface area contributed by atoms with E-state index >= 15 is 0 Å². The Balaban J connectivity index is 2.12. The summed E-state index contributed by atoms with van der Waals surface area (Å²) in [5.74, 6) is -0.697. The quantitative estimate of drug-likeness (QED) is 0.616. The van der Waals surface area contributed by atoms with E-state index in [9.17, 15) is 9.59 Å². The van der Waals surface area contributed by atoms with Crippen molar-refractivity contribution in [1.29, 1.82) is 0 Å². The molecule has 5 nitrogen and oxygen atoms in total. The van der Waals surface area contributed by atoms with Crippen molar-refractivity contribution in [3.63, 3.8) is 0 Å². The summed E-state index contributed by atoms with van der Waals surface area (Å²) in [5.41, 5.74) is 6.53. The van der Waals surface area contributed by atoms with Crippen LogP contribution in [0.25, 0.3) is 11.8 Å². The van der Waals surface area contributed by atoms with Crippen molar-refractivity contribution < 1.29 is 14.3 Å². The van der Waals surface area contributed by atoms with Crippen LogP contribution < -0.4 is 0 Å². The molecule has 1 aromatic heterocycles. The number of aromatic nitrogens is 1. The Morgan fingerprint density at radius 3 is 2.30 bits per heavy atom. The van der Waals surface area contributed by atoms with E-state index in [0.717, 1.165) is 22.6 Å². The van der Waals surface area contributed by atoms with E-state index in [4.69, 9.17) is 4.74 Å². The zero-order chi connectivity index (χ0) is 19.9. The maximum atomic E-state index is 12.7. The van der Waals surface area contributed by atoms with E-state index < -0.39 is 5.97 Å². The molecule has 1 aliphatic rings. The van der Waals surface area contributed by atoms with E-state index in [2.05, 4.69) is 35.8 Å². The van der Waals surface area contributed by atoms with Crippen LogP contribution in [-0.2, 0) is 14.3 Å². The number of aryl methyl sites for hydroxylation is 2. The van der Waals surface area contributed by atoms with Crippen LogP contribution in [-0.4, -0.2) is 35.5 Å². The average Bonchev–Trinajstić information content (AvgIpc) is 3.04. The molecule has 0 N–H and O–H groups in total. The van der Waals surface area contributed by atoms with Gasteiger partial charge in [-0.2, -0.15) is 0 Å². The highest BCUT2D eigenvalue weighted by Gasteiger charge is 2.35. The second-order valence-electron chi connectivity index (χ2n) is 6.87. The molecule has 0 aliphatic carbocycles. The van der Waals surface area contributed by atoms with Crippen LogP contribution in [0.5, 0.6) is 0 Å². The van der Waals surface area contributed by atoms with Gasteiger partial charge in [0.2, 0.25) is 0 Å². The van der Waals surface area contributed by atoms with Gasteiger partial charge in [-0.1, -0.05) is 17.7 Å². The molecule has 0 atom stereocenters. The molecule has 0 spiro atoms. The van der Waals surface area contributed by atoms with Gasteiger partial charge in [0.05, 0.1) is 18.3 Å². The number of hydrogen-bond donors (Lipinski definition) is 0. The van der Waals surface area contributed by atoms with Gasteiger partial charge in [-0.25, -0.2) is 4.79 Å². The van der Waals surface area contributed by atoms with E-state index in [-0.39, 0.29) is 5.91 Å². The molecule has 27 heavy (non-hydrogen) atoms. The number of ether oxygens (including phenoxy) is 1. The number of rotatable bonds is 3. The predicted octanol–water partition coefficient (Wildman–Crippen LogP) is 3.70. The van der Waals surface area contributed by atoms with E-state index in [1.807, 2.05) is 19.9 Å². The van der Waals surface area contributed by atoms with Crippen molar-refractivity contribution in [2.24, 2.45) is 0 Å². The van der Waals surface area contributed by atoms with Crippen LogP contribution in [0.1, 0.15) is 29.4 Å². The minimum absolute atomic E-state index is 0.201. The fourth-order valence-corrected chi connectivity index (χ4v) is 3.48. The Kier molecular flexibility index (Phi) is 4.79. The highest BCUT2D eigenvalue weighted by molar-refractivity contribution is 6.16. The van der Waals surface area contributed by atoms with Gasteiger partial charge in [0.15, 0.2) is 0 Å². The van der Waals surface area contributed by atoms with Gasteiger partial charge in [0.1, 0.15) is 0 Å². The third-order valence-electron chi connectivity index (χ3n) is 5.12. The number of hydrogen-bond acceptors (Lipinski definition) is 3. The number of benzene rings is 1. The van der Waals surface area contributed by atoms with Gasteiger partial charge in [0, 0.05) is 29.8 Å². The molecule has 1 amide bonds. The summed E-state index contributed by atoms with van der Waals surface area (Å²) in [5, 5.41) is 0. The maximum absolute atomic E-state index is 12.7. The smallest absolute Gasteiger partial charge is 0.340 e. The number of amides is 1. The van der Waals surface area contributed by atoms with Crippen molar-refractivity contribution in [2.75, 3.05) is 14.2 Å². The van der Waals surface area contributed by atoms with Crippen LogP contribution in [0.4, 0.5) is 0 Å². The van der Waals surface area contributed by atoms with Gasteiger partial charge in [-0.3, -0.25) is 4.79 Å². The number of esters is 1. The van der Waals surface area contributed by atoms with E-state index in [1.165, 1.54) is 17.6 Å². The molecule has 140 valence electrons. The first kappa shape index (κ1) is 18.7. The monoisotopic (exact) mass is 364 g/mol.